The maximum atomic E-state index is 6.41. The predicted molar refractivity (Wildman–Crippen MR) is 115 cm³/mol. The minimum absolute atomic E-state index is 0.621. The van der Waals surface area contributed by atoms with Gasteiger partial charge in [0.05, 0.1) is 11.2 Å². The Balaban J connectivity index is 1.52. The number of fused-ring (bicyclic) bond motifs is 2. The predicted octanol–water partition coefficient (Wildman–Crippen LogP) is 3.87. The summed E-state index contributed by atoms with van der Waals surface area (Å²) in [6.45, 7) is 4.29. The highest BCUT2D eigenvalue weighted by molar-refractivity contribution is 6.00. The number of nitrogens with two attached hydrogens (primary N) is 1. The number of rotatable bonds is 5. The second-order valence-electron chi connectivity index (χ2n) is 7.35. The average molecular weight is 372 g/mol. The Kier molecular flexibility index (Phi) is 4.33. The van der Waals surface area contributed by atoms with Gasteiger partial charge in [0.25, 0.3) is 0 Å². The molecule has 5 rings (SSSR count). The van der Waals surface area contributed by atoms with Crippen molar-refractivity contribution in [3.63, 3.8) is 0 Å². The van der Waals surface area contributed by atoms with E-state index in [2.05, 4.69) is 21.3 Å². The molecule has 0 amide bonds. The maximum absolute atomic E-state index is 6.41. The molecule has 28 heavy (non-hydrogen) atoms. The lowest BCUT2D eigenvalue weighted by Crippen LogP contribution is -2.26. The van der Waals surface area contributed by atoms with Gasteiger partial charge < -0.3 is 20.9 Å². The van der Waals surface area contributed by atoms with E-state index in [-0.39, 0.29) is 0 Å². The van der Waals surface area contributed by atoms with Gasteiger partial charge in [0.2, 0.25) is 0 Å². The minimum Gasteiger partial charge on any atom is -0.396 e. The molecule has 0 aliphatic carbocycles. The zero-order valence-electron chi connectivity index (χ0n) is 15.8. The lowest BCUT2D eigenvalue weighted by atomic mass is 10.2. The lowest BCUT2D eigenvalue weighted by Gasteiger charge is -2.16. The van der Waals surface area contributed by atoms with Crippen molar-refractivity contribution < 1.29 is 0 Å². The second kappa shape index (κ2) is 7.13. The molecule has 2 aromatic heterocycles. The van der Waals surface area contributed by atoms with E-state index in [0.717, 1.165) is 46.4 Å². The molecule has 4 aromatic rings. The van der Waals surface area contributed by atoms with Crippen LogP contribution < -0.4 is 11.1 Å². The van der Waals surface area contributed by atoms with Gasteiger partial charge in [0.1, 0.15) is 11.5 Å². The standard InChI is InChI=1S/C22H24N6/c23-19-15-7-1-3-9-17(15)25-20(19)22-26-18-10-4-2-8-16(18)21(27-22)24-11-14-28-12-5-6-13-28/h1-4,7-10,25H,5-6,11-14,23H2,(H,24,26,27). The lowest BCUT2D eigenvalue weighted by molar-refractivity contribution is 0.352. The number of aromatic nitrogens is 3. The summed E-state index contributed by atoms with van der Waals surface area (Å²) < 4.78 is 0. The molecule has 6 heteroatoms. The normalized spacial score (nSPS) is 14.9. The van der Waals surface area contributed by atoms with Gasteiger partial charge in [0.15, 0.2) is 5.82 Å². The van der Waals surface area contributed by atoms with E-state index in [0.29, 0.717) is 11.5 Å². The highest BCUT2D eigenvalue weighted by Gasteiger charge is 2.16. The molecule has 0 spiro atoms. The number of anilines is 2. The number of para-hydroxylation sites is 2. The molecule has 0 bridgehead atoms. The van der Waals surface area contributed by atoms with Crippen molar-refractivity contribution in [1.82, 2.24) is 19.9 Å². The van der Waals surface area contributed by atoms with Crippen LogP contribution >= 0.6 is 0 Å². The number of aromatic amines is 1. The molecule has 4 N–H and O–H groups in total. The Morgan fingerprint density at radius 1 is 0.964 bits per heavy atom. The van der Waals surface area contributed by atoms with E-state index < -0.39 is 0 Å². The number of hydrogen-bond acceptors (Lipinski definition) is 5. The molecule has 2 aromatic carbocycles. The number of nitrogens with zero attached hydrogens (tertiary/aromatic N) is 3. The maximum Gasteiger partial charge on any atom is 0.180 e. The van der Waals surface area contributed by atoms with E-state index in [9.17, 15) is 0 Å². The van der Waals surface area contributed by atoms with Crippen molar-refractivity contribution >= 4 is 33.3 Å². The number of nitrogen functional groups attached to an aromatic ring is 1. The van der Waals surface area contributed by atoms with Crippen LogP contribution in [0.25, 0.3) is 33.3 Å². The fourth-order valence-corrected chi connectivity index (χ4v) is 4.00. The zero-order valence-corrected chi connectivity index (χ0v) is 15.8. The third-order valence-electron chi connectivity index (χ3n) is 5.49. The molecule has 0 unspecified atom stereocenters. The van der Waals surface area contributed by atoms with Crippen LogP contribution in [0, 0.1) is 0 Å². The van der Waals surface area contributed by atoms with E-state index >= 15 is 0 Å². The number of benzene rings is 2. The van der Waals surface area contributed by atoms with Gasteiger partial charge in [-0.15, -0.1) is 0 Å². The van der Waals surface area contributed by atoms with Crippen LogP contribution in [0.5, 0.6) is 0 Å². The highest BCUT2D eigenvalue weighted by atomic mass is 15.2. The molecular weight excluding hydrogens is 348 g/mol. The number of H-pyrrole nitrogens is 1. The van der Waals surface area contributed by atoms with Gasteiger partial charge >= 0.3 is 0 Å². The smallest absolute Gasteiger partial charge is 0.180 e. The van der Waals surface area contributed by atoms with E-state index in [1.54, 1.807) is 0 Å². The van der Waals surface area contributed by atoms with Crippen LogP contribution in [0.2, 0.25) is 0 Å². The SMILES string of the molecule is Nc1c(-c2nc(NCCN3CCCC3)c3ccccc3n2)[nH]c2ccccc12. The summed E-state index contributed by atoms with van der Waals surface area (Å²) in [7, 11) is 0. The van der Waals surface area contributed by atoms with Crippen LogP contribution in [0.3, 0.4) is 0 Å². The third-order valence-corrected chi connectivity index (χ3v) is 5.49. The van der Waals surface area contributed by atoms with Crippen molar-refractivity contribution in [3.05, 3.63) is 48.5 Å². The largest absolute Gasteiger partial charge is 0.396 e. The van der Waals surface area contributed by atoms with Crippen molar-refractivity contribution in [2.75, 3.05) is 37.2 Å². The Hall–Kier alpha value is -3.12. The molecule has 0 saturated carbocycles. The van der Waals surface area contributed by atoms with Gasteiger partial charge in [0, 0.05) is 29.4 Å². The molecule has 142 valence electrons. The van der Waals surface area contributed by atoms with Gasteiger partial charge in [-0.25, -0.2) is 9.97 Å². The van der Waals surface area contributed by atoms with Gasteiger partial charge in [-0.3, -0.25) is 0 Å². The van der Waals surface area contributed by atoms with Crippen molar-refractivity contribution in [3.8, 4) is 11.5 Å². The summed E-state index contributed by atoms with van der Waals surface area (Å²) in [5, 5.41) is 5.56. The monoisotopic (exact) mass is 372 g/mol. The molecule has 3 heterocycles. The Morgan fingerprint density at radius 2 is 1.71 bits per heavy atom. The zero-order chi connectivity index (χ0) is 18.9. The summed E-state index contributed by atoms with van der Waals surface area (Å²) in [6, 6.07) is 16.1. The molecule has 1 aliphatic heterocycles. The molecule has 1 aliphatic rings. The first kappa shape index (κ1) is 17.0. The first-order chi connectivity index (χ1) is 13.8. The quantitative estimate of drug-likeness (QED) is 0.495. The summed E-state index contributed by atoms with van der Waals surface area (Å²) in [4.78, 5) is 15.5. The van der Waals surface area contributed by atoms with Crippen LogP contribution in [-0.4, -0.2) is 46.0 Å². The van der Waals surface area contributed by atoms with Crippen LogP contribution in [0.1, 0.15) is 12.8 Å². The van der Waals surface area contributed by atoms with Gasteiger partial charge in [-0.1, -0.05) is 30.3 Å². The fourth-order valence-electron chi connectivity index (χ4n) is 4.00. The average Bonchev–Trinajstić information content (AvgIpc) is 3.36. The van der Waals surface area contributed by atoms with E-state index in [1.807, 2.05) is 42.5 Å². The highest BCUT2D eigenvalue weighted by Crippen LogP contribution is 2.32. The molecule has 0 radical (unpaired) electrons. The molecule has 1 fully saturated rings. The molecule has 0 atom stereocenters. The first-order valence-corrected chi connectivity index (χ1v) is 9.89. The molecule has 6 nitrogen and oxygen atoms in total. The topological polar surface area (TPSA) is 82.9 Å². The third kappa shape index (κ3) is 3.05. The summed E-state index contributed by atoms with van der Waals surface area (Å²) >= 11 is 0. The van der Waals surface area contributed by atoms with Gasteiger partial charge in [-0.2, -0.15) is 0 Å². The number of likely N-dealkylation sites (tertiary alicyclic amines) is 1. The molecule has 1 saturated heterocycles. The van der Waals surface area contributed by atoms with Gasteiger partial charge in [-0.05, 0) is 44.1 Å². The first-order valence-electron chi connectivity index (χ1n) is 9.89. The van der Waals surface area contributed by atoms with E-state index in [1.165, 1.54) is 25.9 Å². The minimum atomic E-state index is 0.621. The van der Waals surface area contributed by atoms with Crippen LogP contribution in [-0.2, 0) is 0 Å². The summed E-state index contributed by atoms with van der Waals surface area (Å²) in [5.41, 5.74) is 9.78. The molecular formula is C22H24N6. The summed E-state index contributed by atoms with van der Waals surface area (Å²) in [5.74, 6) is 1.48. The van der Waals surface area contributed by atoms with Crippen molar-refractivity contribution in [2.24, 2.45) is 0 Å². The second-order valence-corrected chi connectivity index (χ2v) is 7.35. The Bertz CT molecular complexity index is 1130. The number of nitrogens with one attached hydrogen (secondary N) is 2. The fraction of sp³-hybridized carbons (Fsp3) is 0.273. The Labute approximate surface area is 163 Å². The van der Waals surface area contributed by atoms with Crippen molar-refractivity contribution in [1.29, 1.82) is 0 Å². The van der Waals surface area contributed by atoms with Crippen molar-refractivity contribution in [2.45, 2.75) is 12.8 Å². The number of hydrogen-bond donors (Lipinski definition) is 3. The van der Waals surface area contributed by atoms with Crippen LogP contribution in [0.15, 0.2) is 48.5 Å². The Morgan fingerprint density at radius 3 is 2.54 bits per heavy atom. The summed E-state index contributed by atoms with van der Waals surface area (Å²) in [6.07, 6.45) is 2.61. The van der Waals surface area contributed by atoms with E-state index in [4.69, 9.17) is 15.7 Å². The van der Waals surface area contributed by atoms with Crippen LogP contribution in [0.4, 0.5) is 11.5 Å².